The second-order valence-corrected chi connectivity index (χ2v) is 7.11. The van der Waals surface area contributed by atoms with Crippen LogP contribution in [0.1, 0.15) is 17.4 Å². The summed E-state index contributed by atoms with van der Waals surface area (Å²) in [5.41, 5.74) is 0.787. The zero-order valence-corrected chi connectivity index (χ0v) is 16.4. The van der Waals surface area contributed by atoms with E-state index in [1.807, 2.05) is 0 Å². The molecule has 4 heterocycles. The highest BCUT2D eigenvalue weighted by atomic mass is 16.5. The highest BCUT2D eigenvalue weighted by molar-refractivity contribution is 6.14. The number of nitrogens with zero attached hydrogens (tertiary/aromatic N) is 3. The van der Waals surface area contributed by atoms with Gasteiger partial charge in [-0.2, -0.15) is 0 Å². The molecular weight excluding hydrogens is 386 g/mol. The quantitative estimate of drug-likeness (QED) is 0.699. The lowest BCUT2D eigenvalue weighted by atomic mass is 9.96. The number of morpholine rings is 1. The van der Waals surface area contributed by atoms with E-state index in [4.69, 9.17) is 9.15 Å². The molecule has 0 spiro atoms. The van der Waals surface area contributed by atoms with Crippen molar-refractivity contribution < 1.29 is 23.8 Å². The van der Waals surface area contributed by atoms with E-state index < -0.39 is 23.5 Å². The average molecular weight is 409 g/mol. The smallest absolute Gasteiger partial charge is 0.290 e. The first-order valence-electron chi connectivity index (χ1n) is 9.85. The first-order valence-corrected chi connectivity index (χ1v) is 9.85. The second-order valence-electron chi connectivity index (χ2n) is 7.11. The first-order chi connectivity index (χ1) is 14.6. The van der Waals surface area contributed by atoms with Crippen LogP contribution >= 0.6 is 0 Å². The summed E-state index contributed by atoms with van der Waals surface area (Å²) in [5, 5.41) is 10.6. The monoisotopic (exact) mass is 409 g/mol. The second kappa shape index (κ2) is 9.06. The lowest BCUT2D eigenvalue weighted by molar-refractivity contribution is -0.129. The van der Waals surface area contributed by atoms with E-state index in [0.717, 1.165) is 18.7 Å². The molecule has 2 aliphatic rings. The number of ether oxygens (including phenoxy) is 1. The molecule has 2 aliphatic heterocycles. The number of ketones is 1. The van der Waals surface area contributed by atoms with Gasteiger partial charge in [-0.3, -0.25) is 19.5 Å². The van der Waals surface area contributed by atoms with Gasteiger partial charge in [-0.1, -0.05) is 0 Å². The number of amides is 1. The molecular formula is C22H23N3O5. The molecule has 2 aromatic heterocycles. The van der Waals surface area contributed by atoms with Crippen molar-refractivity contribution in [3.8, 4) is 0 Å². The van der Waals surface area contributed by atoms with Crippen LogP contribution in [0, 0.1) is 0 Å². The predicted octanol–water partition coefficient (Wildman–Crippen LogP) is 1.98. The maximum atomic E-state index is 13.0. The van der Waals surface area contributed by atoms with Gasteiger partial charge in [0.05, 0.1) is 31.1 Å². The third-order valence-electron chi connectivity index (χ3n) is 5.29. The fourth-order valence-electron chi connectivity index (χ4n) is 3.74. The van der Waals surface area contributed by atoms with Gasteiger partial charge in [0.25, 0.3) is 5.91 Å². The molecule has 0 aliphatic carbocycles. The van der Waals surface area contributed by atoms with E-state index in [0.29, 0.717) is 32.1 Å². The molecule has 8 nitrogen and oxygen atoms in total. The topological polar surface area (TPSA) is 96.1 Å². The summed E-state index contributed by atoms with van der Waals surface area (Å²) >= 11 is 0. The van der Waals surface area contributed by atoms with Crippen molar-refractivity contribution in [3.63, 3.8) is 0 Å². The maximum absolute atomic E-state index is 13.0. The summed E-state index contributed by atoms with van der Waals surface area (Å²) < 4.78 is 10.6. The number of rotatable bonds is 7. The molecule has 156 valence electrons. The van der Waals surface area contributed by atoms with Crippen LogP contribution in [-0.2, 0) is 14.3 Å². The largest absolute Gasteiger partial charge is 0.503 e. The van der Waals surface area contributed by atoms with Gasteiger partial charge in [0.15, 0.2) is 11.5 Å². The van der Waals surface area contributed by atoms with E-state index in [-0.39, 0.29) is 5.57 Å². The van der Waals surface area contributed by atoms with E-state index >= 15 is 0 Å². The number of hydrogen-bond donors (Lipinski definition) is 1. The number of allylic oxidation sites excluding steroid dienone is 1. The van der Waals surface area contributed by atoms with Gasteiger partial charge in [-0.25, -0.2) is 0 Å². The minimum atomic E-state index is -0.671. The Labute approximate surface area is 174 Å². The van der Waals surface area contributed by atoms with E-state index in [1.54, 1.807) is 41.6 Å². The molecule has 1 amide bonds. The Kier molecular flexibility index (Phi) is 6.06. The van der Waals surface area contributed by atoms with Crippen LogP contribution in [0.25, 0.3) is 6.08 Å². The maximum Gasteiger partial charge on any atom is 0.290 e. The summed E-state index contributed by atoms with van der Waals surface area (Å²) in [4.78, 5) is 33.6. The summed E-state index contributed by atoms with van der Waals surface area (Å²) in [6, 6.07) is 6.26. The van der Waals surface area contributed by atoms with Crippen molar-refractivity contribution in [2.45, 2.75) is 6.04 Å². The van der Waals surface area contributed by atoms with Crippen LogP contribution in [0.4, 0.5) is 0 Å². The molecule has 1 fully saturated rings. The minimum Gasteiger partial charge on any atom is -0.503 e. The number of pyridine rings is 1. The van der Waals surface area contributed by atoms with Crippen LogP contribution in [0.2, 0.25) is 0 Å². The summed E-state index contributed by atoms with van der Waals surface area (Å²) in [6.45, 7) is 3.92. The highest BCUT2D eigenvalue weighted by Gasteiger charge is 2.42. The van der Waals surface area contributed by atoms with Crippen molar-refractivity contribution in [2.75, 3.05) is 39.4 Å². The number of aliphatic hydroxyl groups is 1. The molecule has 0 aromatic carbocycles. The van der Waals surface area contributed by atoms with Gasteiger partial charge < -0.3 is 19.2 Å². The minimum absolute atomic E-state index is 0.0657. The summed E-state index contributed by atoms with van der Waals surface area (Å²) in [7, 11) is 0. The Morgan fingerprint density at radius 3 is 2.67 bits per heavy atom. The molecule has 0 saturated carbocycles. The normalized spacial score (nSPS) is 20.5. The van der Waals surface area contributed by atoms with E-state index in [9.17, 15) is 14.7 Å². The zero-order valence-electron chi connectivity index (χ0n) is 16.4. The number of hydrogen-bond acceptors (Lipinski definition) is 7. The molecule has 30 heavy (non-hydrogen) atoms. The Morgan fingerprint density at radius 2 is 1.97 bits per heavy atom. The van der Waals surface area contributed by atoms with Crippen molar-refractivity contribution in [2.24, 2.45) is 0 Å². The third-order valence-corrected chi connectivity index (χ3v) is 5.29. The van der Waals surface area contributed by atoms with Gasteiger partial charge in [0, 0.05) is 38.6 Å². The zero-order chi connectivity index (χ0) is 20.9. The lowest BCUT2D eigenvalue weighted by Crippen LogP contribution is -2.43. The van der Waals surface area contributed by atoms with Crippen molar-refractivity contribution in [1.29, 1.82) is 0 Å². The molecule has 1 atom stereocenters. The van der Waals surface area contributed by atoms with Crippen LogP contribution < -0.4 is 0 Å². The molecule has 4 rings (SSSR count). The fraction of sp³-hybridized carbons (Fsp3) is 0.318. The SMILES string of the molecule is O=C(/C=C/c1ccco1)C1=C(O)C(=O)N(CCN2CCOCC2)C1c1ccncc1. The molecule has 2 aromatic rings. The van der Waals surface area contributed by atoms with Gasteiger partial charge >= 0.3 is 0 Å². The molecule has 0 bridgehead atoms. The molecule has 8 heteroatoms. The molecule has 1 N–H and O–H groups in total. The number of aromatic nitrogens is 1. The third kappa shape index (κ3) is 4.19. The molecule has 1 unspecified atom stereocenters. The van der Waals surface area contributed by atoms with Crippen molar-refractivity contribution in [1.82, 2.24) is 14.8 Å². The van der Waals surface area contributed by atoms with Gasteiger partial charge in [0.2, 0.25) is 0 Å². The van der Waals surface area contributed by atoms with Crippen LogP contribution in [-0.4, -0.2) is 71.0 Å². The van der Waals surface area contributed by atoms with E-state index in [2.05, 4.69) is 9.88 Å². The van der Waals surface area contributed by atoms with Crippen LogP contribution in [0.5, 0.6) is 0 Å². The summed E-state index contributed by atoms with van der Waals surface area (Å²) in [5.74, 6) is -0.974. The highest BCUT2D eigenvalue weighted by Crippen LogP contribution is 2.37. The number of carbonyl (C=O) groups excluding carboxylic acids is 2. The van der Waals surface area contributed by atoms with Gasteiger partial charge in [0.1, 0.15) is 5.76 Å². The standard InChI is InChI=1S/C22H23N3O5/c26-18(4-3-17-2-1-13-30-17)19-20(16-5-7-23-8-6-16)25(22(28)21(19)27)10-9-24-11-14-29-15-12-24/h1-8,13,20,27H,9-12,14-15H2/b4-3+. The molecule has 1 saturated heterocycles. The first kappa shape index (κ1) is 20.1. The van der Waals surface area contributed by atoms with E-state index in [1.165, 1.54) is 18.4 Å². The fourth-order valence-corrected chi connectivity index (χ4v) is 3.74. The predicted molar refractivity (Wildman–Crippen MR) is 108 cm³/mol. The van der Waals surface area contributed by atoms with Crippen LogP contribution in [0.3, 0.4) is 0 Å². The van der Waals surface area contributed by atoms with Gasteiger partial charge in [-0.15, -0.1) is 0 Å². The van der Waals surface area contributed by atoms with Crippen molar-refractivity contribution in [3.05, 3.63) is 71.7 Å². The Morgan fingerprint density at radius 1 is 1.20 bits per heavy atom. The van der Waals surface area contributed by atoms with Crippen LogP contribution in [0.15, 0.2) is 64.7 Å². The number of furan rings is 1. The number of aliphatic hydroxyl groups excluding tert-OH is 1. The lowest BCUT2D eigenvalue weighted by Gasteiger charge is -2.31. The van der Waals surface area contributed by atoms with Gasteiger partial charge in [-0.05, 0) is 42.0 Å². The Balaban J connectivity index is 1.59. The summed E-state index contributed by atoms with van der Waals surface area (Å²) in [6.07, 6.45) is 7.56. The Hall–Kier alpha value is -3.23. The Bertz CT molecular complexity index is 946. The molecule has 0 radical (unpaired) electrons. The number of carbonyl (C=O) groups is 2. The average Bonchev–Trinajstić information content (AvgIpc) is 3.39. The van der Waals surface area contributed by atoms with Crippen molar-refractivity contribution >= 4 is 17.8 Å².